The molecule has 0 atom stereocenters. The number of hydrogen-bond acceptors (Lipinski definition) is 5. The molecule has 0 bridgehead atoms. The summed E-state index contributed by atoms with van der Waals surface area (Å²) >= 11 is 0. The molecule has 0 spiro atoms. The molecule has 28 heavy (non-hydrogen) atoms. The molecule has 0 heterocycles. The summed E-state index contributed by atoms with van der Waals surface area (Å²) in [5.41, 5.74) is 1.62. The quantitative estimate of drug-likeness (QED) is 0.497. The molecule has 2 rings (SSSR count). The molecule has 1 amide bonds. The molecule has 0 saturated carbocycles. The van der Waals surface area contributed by atoms with Gasteiger partial charge < -0.3 is 14.2 Å². The van der Waals surface area contributed by atoms with Crippen molar-refractivity contribution in [1.82, 2.24) is 0 Å². The van der Waals surface area contributed by atoms with Crippen molar-refractivity contribution in [3.05, 3.63) is 72.3 Å². The third kappa shape index (κ3) is 6.79. The van der Waals surface area contributed by atoms with Crippen LogP contribution in [0.5, 0.6) is 5.75 Å². The average Bonchev–Trinajstić information content (AvgIpc) is 2.70. The van der Waals surface area contributed by atoms with E-state index in [9.17, 15) is 9.59 Å². The highest BCUT2D eigenvalue weighted by molar-refractivity contribution is 5.93. The van der Waals surface area contributed by atoms with Gasteiger partial charge in [0.15, 0.2) is 0 Å². The molecule has 0 fully saturated rings. The summed E-state index contributed by atoms with van der Waals surface area (Å²) in [6, 6.07) is 14.1. The Balaban J connectivity index is 2.08. The Morgan fingerprint density at radius 2 is 1.86 bits per heavy atom. The lowest BCUT2D eigenvalue weighted by Gasteiger charge is -2.15. The summed E-state index contributed by atoms with van der Waals surface area (Å²) in [6.45, 7) is 8.22. The normalized spacial score (nSPS) is 10.2. The first-order chi connectivity index (χ1) is 13.5. The first kappa shape index (κ1) is 21.0. The number of esters is 1. The van der Waals surface area contributed by atoms with Crippen LogP contribution in [0.2, 0.25) is 0 Å². The Labute approximate surface area is 165 Å². The van der Waals surface area contributed by atoms with E-state index in [-0.39, 0.29) is 19.1 Å². The van der Waals surface area contributed by atoms with Crippen LogP contribution >= 0.6 is 0 Å². The van der Waals surface area contributed by atoms with Gasteiger partial charge in [0.2, 0.25) is 0 Å². The molecule has 0 aromatic heterocycles. The van der Waals surface area contributed by atoms with E-state index in [0.29, 0.717) is 23.6 Å². The van der Waals surface area contributed by atoms with Gasteiger partial charge in [-0.1, -0.05) is 56.8 Å². The van der Waals surface area contributed by atoms with Gasteiger partial charge in [0.25, 0.3) is 0 Å². The van der Waals surface area contributed by atoms with Gasteiger partial charge in [0.1, 0.15) is 19.0 Å². The number of carbonyl (C=O) groups is 2. The molecule has 6 nitrogen and oxygen atoms in total. The van der Waals surface area contributed by atoms with Crippen molar-refractivity contribution < 1.29 is 23.8 Å². The molecule has 0 aliphatic heterocycles. The van der Waals surface area contributed by atoms with Crippen LogP contribution in [0.15, 0.2) is 61.2 Å². The van der Waals surface area contributed by atoms with E-state index in [1.165, 1.54) is 6.08 Å². The van der Waals surface area contributed by atoms with E-state index < -0.39 is 12.1 Å². The van der Waals surface area contributed by atoms with Crippen molar-refractivity contribution in [3.63, 3.8) is 0 Å². The summed E-state index contributed by atoms with van der Waals surface area (Å²) in [6.07, 6.45) is 0.882. The number of amides is 1. The Kier molecular flexibility index (Phi) is 8.09. The number of benzene rings is 2. The Morgan fingerprint density at radius 1 is 1.11 bits per heavy atom. The van der Waals surface area contributed by atoms with E-state index >= 15 is 0 Å². The second kappa shape index (κ2) is 10.8. The van der Waals surface area contributed by atoms with Crippen LogP contribution in [-0.2, 0) is 16.1 Å². The molecule has 0 saturated heterocycles. The topological polar surface area (TPSA) is 73.9 Å². The van der Waals surface area contributed by atoms with E-state index in [2.05, 4.69) is 11.9 Å². The van der Waals surface area contributed by atoms with Gasteiger partial charge in [-0.05, 0) is 29.7 Å². The highest BCUT2D eigenvalue weighted by Crippen LogP contribution is 2.27. The van der Waals surface area contributed by atoms with Crippen molar-refractivity contribution >= 4 is 17.7 Å². The fourth-order valence-corrected chi connectivity index (χ4v) is 2.22. The zero-order valence-electron chi connectivity index (χ0n) is 16.1. The van der Waals surface area contributed by atoms with Crippen LogP contribution in [0, 0.1) is 5.92 Å². The number of carbonyl (C=O) groups excluding carboxylic acids is 2. The van der Waals surface area contributed by atoms with Gasteiger partial charge in [-0.25, -0.2) is 9.59 Å². The molecule has 0 aliphatic carbocycles. The zero-order chi connectivity index (χ0) is 20.4. The van der Waals surface area contributed by atoms with Crippen molar-refractivity contribution in [2.75, 3.05) is 18.5 Å². The molecular formula is C22H25NO5. The maximum Gasteiger partial charge on any atom is 0.412 e. The van der Waals surface area contributed by atoms with Crippen molar-refractivity contribution in [2.24, 2.45) is 5.92 Å². The first-order valence-corrected chi connectivity index (χ1v) is 9.02. The van der Waals surface area contributed by atoms with Gasteiger partial charge in [0.05, 0.1) is 17.9 Å². The van der Waals surface area contributed by atoms with E-state index in [1.54, 1.807) is 18.2 Å². The maximum atomic E-state index is 12.1. The fourth-order valence-electron chi connectivity index (χ4n) is 2.22. The fraction of sp³-hybridized carbons (Fsp3) is 0.273. The van der Waals surface area contributed by atoms with Gasteiger partial charge in [-0.3, -0.25) is 5.32 Å². The molecule has 2 aromatic rings. The third-order valence-corrected chi connectivity index (χ3v) is 3.57. The Morgan fingerprint density at radius 3 is 2.54 bits per heavy atom. The number of nitrogens with one attached hydrogen (secondary N) is 1. The third-order valence-electron chi connectivity index (χ3n) is 3.57. The first-order valence-electron chi connectivity index (χ1n) is 9.02. The van der Waals surface area contributed by atoms with Crippen LogP contribution in [0.25, 0.3) is 0 Å². The minimum Gasteiger partial charge on any atom is -0.491 e. The lowest BCUT2D eigenvalue weighted by atomic mass is 10.2. The van der Waals surface area contributed by atoms with Gasteiger partial charge in [0, 0.05) is 0 Å². The van der Waals surface area contributed by atoms with Gasteiger partial charge >= 0.3 is 12.1 Å². The monoisotopic (exact) mass is 383 g/mol. The molecule has 148 valence electrons. The molecule has 0 radical (unpaired) electrons. The minimum atomic E-state index is -0.611. The highest BCUT2D eigenvalue weighted by Gasteiger charge is 2.15. The second-order valence-electron chi connectivity index (χ2n) is 6.49. The van der Waals surface area contributed by atoms with Crippen LogP contribution < -0.4 is 10.1 Å². The predicted molar refractivity (Wildman–Crippen MR) is 108 cm³/mol. The van der Waals surface area contributed by atoms with Crippen molar-refractivity contribution in [2.45, 2.75) is 20.5 Å². The average molecular weight is 383 g/mol. The summed E-state index contributed by atoms with van der Waals surface area (Å²) < 4.78 is 16.0. The summed E-state index contributed by atoms with van der Waals surface area (Å²) in [7, 11) is 0. The van der Waals surface area contributed by atoms with E-state index in [1.807, 2.05) is 44.2 Å². The Bertz CT molecular complexity index is 802. The molecule has 0 unspecified atom stereocenters. The largest absolute Gasteiger partial charge is 0.491 e. The summed E-state index contributed by atoms with van der Waals surface area (Å²) in [4.78, 5) is 24.2. The molecular weight excluding hydrogens is 358 g/mol. The van der Waals surface area contributed by atoms with Crippen LogP contribution in [0.1, 0.15) is 29.8 Å². The lowest BCUT2D eigenvalue weighted by Crippen LogP contribution is -2.16. The zero-order valence-corrected chi connectivity index (χ0v) is 16.1. The van der Waals surface area contributed by atoms with E-state index in [4.69, 9.17) is 14.2 Å². The highest BCUT2D eigenvalue weighted by atomic mass is 16.5. The minimum absolute atomic E-state index is 0.118. The number of rotatable bonds is 9. The smallest absolute Gasteiger partial charge is 0.412 e. The SMILES string of the molecule is C=CCOC(=O)c1ccc(NC(=O)OCc2ccccc2)c(OCC(C)C)c1. The second-order valence-corrected chi connectivity index (χ2v) is 6.49. The Hall–Kier alpha value is -3.28. The van der Waals surface area contributed by atoms with Crippen LogP contribution in [0.3, 0.4) is 0 Å². The predicted octanol–water partition coefficient (Wildman–Crippen LogP) is 4.81. The number of ether oxygens (including phenoxy) is 3. The molecule has 0 aliphatic rings. The maximum absolute atomic E-state index is 12.1. The standard InChI is InChI=1S/C22H25NO5/c1-4-12-26-21(24)18-10-11-19(20(13-18)27-14-16(2)3)23-22(25)28-15-17-8-6-5-7-9-17/h4-11,13,16H,1,12,14-15H2,2-3H3,(H,23,25). The van der Waals surface area contributed by atoms with Gasteiger partial charge in [-0.15, -0.1) is 0 Å². The molecule has 6 heteroatoms. The van der Waals surface area contributed by atoms with Gasteiger partial charge in [-0.2, -0.15) is 0 Å². The van der Waals surface area contributed by atoms with Crippen LogP contribution in [0.4, 0.5) is 10.5 Å². The van der Waals surface area contributed by atoms with Crippen LogP contribution in [-0.4, -0.2) is 25.3 Å². The number of hydrogen-bond donors (Lipinski definition) is 1. The van der Waals surface area contributed by atoms with E-state index in [0.717, 1.165) is 5.56 Å². The number of anilines is 1. The lowest BCUT2D eigenvalue weighted by molar-refractivity contribution is 0.0549. The summed E-state index contributed by atoms with van der Waals surface area (Å²) in [5.74, 6) is 0.153. The molecule has 2 aromatic carbocycles. The van der Waals surface area contributed by atoms with Crippen molar-refractivity contribution in [1.29, 1.82) is 0 Å². The summed E-state index contributed by atoms with van der Waals surface area (Å²) in [5, 5.41) is 2.66. The van der Waals surface area contributed by atoms with Crippen molar-refractivity contribution in [3.8, 4) is 5.75 Å². The molecule has 1 N–H and O–H groups in total.